The Morgan fingerprint density at radius 2 is 1.68 bits per heavy atom. The molecule has 1 aliphatic rings. The number of benzene rings is 1. The number of hydrogen-bond donors (Lipinski definition) is 0. The van der Waals surface area contributed by atoms with Crippen LogP contribution in [0.15, 0.2) is 54.5 Å². The van der Waals surface area contributed by atoms with Crippen molar-refractivity contribution in [1.29, 1.82) is 0 Å². The minimum absolute atomic E-state index is 0.275. The average molecular weight is 381 g/mol. The van der Waals surface area contributed by atoms with Gasteiger partial charge >= 0.3 is 0 Å². The molecule has 28 heavy (non-hydrogen) atoms. The van der Waals surface area contributed by atoms with Gasteiger partial charge in [-0.3, -0.25) is 19.5 Å². The molecule has 5 nitrogen and oxygen atoms in total. The van der Waals surface area contributed by atoms with Gasteiger partial charge in [0.05, 0.1) is 5.57 Å². The van der Waals surface area contributed by atoms with Gasteiger partial charge in [-0.2, -0.15) is 0 Å². The summed E-state index contributed by atoms with van der Waals surface area (Å²) < 4.78 is 13.4. The first-order valence-electron chi connectivity index (χ1n) is 9.57. The lowest BCUT2D eigenvalue weighted by Crippen LogP contribution is -2.36. The van der Waals surface area contributed by atoms with Crippen LogP contribution in [0.2, 0.25) is 0 Å². The SMILES string of the molecule is CCCN1C(=O)C(c2ccc(F)cc2)=C(N(CC)CCc2ccncc2)C1=O. The minimum atomic E-state index is -0.377. The van der Waals surface area contributed by atoms with Crippen molar-refractivity contribution >= 4 is 17.4 Å². The summed E-state index contributed by atoms with van der Waals surface area (Å²) in [6, 6.07) is 9.62. The molecule has 0 aliphatic carbocycles. The second-order valence-corrected chi connectivity index (χ2v) is 6.68. The van der Waals surface area contributed by atoms with Crippen molar-refractivity contribution in [2.24, 2.45) is 0 Å². The smallest absolute Gasteiger partial charge is 0.277 e. The van der Waals surface area contributed by atoms with E-state index in [2.05, 4.69) is 4.98 Å². The highest BCUT2D eigenvalue weighted by atomic mass is 19.1. The fraction of sp³-hybridized carbons (Fsp3) is 0.318. The molecule has 1 aromatic carbocycles. The minimum Gasteiger partial charge on any atom is -0.366 e. The summed E-state index contributed by atoms with van der Waals surface area (Å²) in [6.45, 7) is 5.44. The van der Waals surface area contributed by atoms with Crippen LogP contribution in [0.4, 0.5) is 4.39 Å². The van der Waals surface area contributed by atoms with Gasteiger partial charge in [-0.1, -0.05) is 19.1 Å². The number of halogens is 1. The number of rotatable bonds is 8. The molecular weight excluding hydrogens is 357 g/mol. The Bertz CT molecular complexity index is 878. The van der Waals surface area contributed by atoms with Gasteiger partial charge in [0.2, 0.25) is 0 Å². The van der Waals surface area contributed by atoms with E-state index in [0.29, 0.717) is 42.9 Å². The third-order valence-corrected chi connectivity index (χ3v) is 4.84. The fourth-order valence-electron chi connectivity index (χ4n) is 3.40. The number of hydrogen-bond acceptors (Lipinski definition) is 4. The van der Waals surface area contributed by atoms with Crippen LogP contribution >= 0.6 is 0 Å². The number of pyridine rings is 1. The molecule has 1 aliphatic heterocycles. The lowest BCUT2D eigenvalue weighted by molar-refractivity contribution is -0.137. The highest BCUT2D eigenvalue weighted by Gasteiger charge is 2.40. The molecule has 0 saturated heterocycles. The maximum atomic E-state index is 13.4. The monoisotopic (exact) mass is 381 g/mol. The lowest BCUT2D eigenvalue weighted by atomic mass is 10.0. The largest absolute Gasteiger partial charge is 0.366 e. The number of imide groups is 1. The summed E-state index contributed by atoms with van der Waals surface area (Å²) in [5.74, 6) is -0.961. The van der Waals surface area contributed by atoms with Crippen molar-refractivity contribution in [2.45, 2.75) is 26.7 Å². The maximum Gasteiger partial charge on any atom is 0.277 e. The van der Waals surface area contributed by atoms with E-state index in [9.17, 15) is 14.0 Å². The molecular formula is C22H24FN3O2. The Hall–Kier alpha value is -3.02. The third-order valence-electron chi connectivity index (χ3n) is 4.84. The maximum absolute atomic E-state index is 13.4. The fourth-order valence-corrected chi connectivity index (χ4v) is 3.40. The molecule has 0 bridgehead atoms. The summed E-state index contributed by atoms with van der Waals surface area (Å²) in [5.41, 5.74) is 2.44. The highest BCUT2D eigenvalue weighted by Crippen LogP contribution is 2.32. The van der Waals surface area contributed by atoms with E-state index in [1.54, 1.807) is 24.5 Å². The first-order chi connectivity index (χ1) is 13.6. The Balaban J connectivity index is 1.98. The molecule has 6 heteroatoms. The van der Waals surface area contributed by atoms with Gasteiger partial charge in [-0.25, -0.2) is 4.39 Å². The first kappa shape index (κ1) is 19.7. The summed E-state index contributed by atoms with van der Waals surface area (Å²) in [7, 11) is 0. The summed E-state index contributed by atoms with van der Waals surface area (Å²) >= 11 is 0. The van der Waals surface area contributed by atoms with Gasteiger partial charge in [0.1, 0.15) is 11.5 Å². The molecule has 0 N–H and O–H groups in total. The van der Waals surface area contributed by atoms with Crippen LogP contribution in [0.1, 0.15) is 31.4 Å². The lowest BCUT2D eigenvalue weighted by Gasteiger charge is -2.24. The van der Waals surface area contributed by atoms with Gasteiger partial charge in [-0.05, 0) is 55.2 Å². The van der Waals surface area contributed by atoms with Crippen LogP contribution in [-0.2, 0) is 16.0 Å². The average Bonchev–Trinajstić information content (AvgIpc) is 2.95. The Labute approximate surface area is 164 Å². The molecule has 1 aromatic heterocycles. The van der Waals surface area contributed by atoms with Crippen LogP contribution in [0.3, 0.4) is 0 Å². The van der Waals surface area contributed by atoms with Crippen molar-refractivity contribution in [1.82, 2.24) is 14.8 Å². The summed E-state index contributed by atoms with van der Waals surface area (Å²) in [5, 5.41) is 0. The predicted octanol–water partition coefficient (Wildman–Crippen LogP) is 3.28. The molecule has 0 fully saturated rings. The zero-order chi connectivity index (χ0) is 20.1. The first-order valence-corrected chi connectivity index (χ1v) is 9.57. The standard InChI is InChI=1S/C22H24FN3O2/c1-3-14-26-21(27)19(17-5-7-18(23)8-6-17)20(22(26)28)25(4-2)15-11-16-9-12-24-13-10-16/h5-10,12-13H,3-4,11,14-15H2,1-2H3. The number of nitrogens with zero attached hydrogens (tertiary/aromatic N) is 3. The number of carbonyl (C=O) groups excluding carboxylic acids is 2. The summed E-state index contributed by atoms with van der Waals surface area (Å²) in [4.78, 5) is 33.4. The van der Waals surface area contributed by atoms with E-state index < -0.39 is 0 Å². The normalized spacial score (nSPS) is 14.2. The molecule has 0 radical (unpaired) electrons. The third kappa shape index (κ3) is 3.96. The van der Waals surface area contributed by atoms with Crippen LogP contribution in [0.25, 0.3) is 5.57 Å². The van der Waals surface area contributed by atoms with Gasteiger partial charge in [0.25, 0.3) is 11.8 Å². The number of carbonyl (C=O) groups is 2. The summed E-state index contributed by atoms with van der Waals surface area (Å²) in [6.07, 6.45) is 4.89. The predicted molar refractivity (Wildman–Crippen MR) is 106 cm³/mol. The van der Waals surface area contributed by atoms with Gasteiger partial charge in [0.15, 0.2) is 0 Å². The van der Waals surface area contributed by atoms with E-state index in [1.165, 1.54) is 17.0 Å². The zero-order valence-corrected chi connectivity index (χ0v) is 16.2. The molecule has 0 unspecified atom stereocenters. The van der Waals surface area contributed by atoms with Crippen molar-refractivity contribution < 1.29 is 14.0 Å². The highest BCUT2D eigenvalue weighted by molar-refractivity contribution is 6.35. The van der Waals surface area contributed by atoms with E-state index >= 15 is 0 Å². The Kier molecular flexibility index (Phi) is 6.19. The van der Waals surface area contributed by atoms with E-state index in [-0.39, 0.29) is 17.6 Å². The van der Waals surface area contributed by atoms with Crippen molar-refractivity contribution in [3.63, 3.8) is 0 Å². The van der Waals surface area contributed by atoms with Crippen molar-refractivity contribution in [3.8, 4) is 0 Å². The Morgan fingerprint density at radius 1 is 1.00 bits per heavy atom. The second kappa shape index (κ2) is 8.78. The van der Waals surface area contributed by atoms with Gasteiger partial charge in [0, 0.05) is 32.0 Å². The molecule has 2 aromatic rings. The molecule has 3 rings (SSSR count). The van der Waals surface area contributed by atoms with Crippen molar-refractivity contribution in [3.05, 3.63) is 71.4 Å². The van der Waals surface area contributed by atoms with Crippen LogP contribution < -0.4 is 0 Å². The van der Waals surface area contributed by atoms with E-state index in [1.807, 2.05) is 30.9 Å². The van der Waals surface area contributed by atoms with Gasteiger partial charge < -0.3 is 4.90 Å². The number of likely N-dealkylation sites (N-methyl/N-ethyl adjacent to an activating group) is 1. The van der Waals surface area contributed by atoms with E-state index in [0.717, 1.165) is 12.0 Å². The molecule has 0 spiro atoms. The number of aromatic nitrogens is 1. The molecule has 2 heterocycles. The zero-order valence-electron chi connectivity index (χ0n) is 16.2. The molecule has 146 valence electrons. The second-order valence-electron chi connectivity index (χ2n) is 6.68. The van der Waals surface area contributed by atoms with Crippen LogP contribution in [0, 0.1) is 5.82 Å². The topological polar surface area (TPSA) is 53.5 Å². The molecule has 2 amide bonds. The van der Waals surface area contributed by atoms with Crippen molar-refractivity contribution in [2.75, 3.05) is 19.6 Å². The van der Waals surface area contributed by atoms with Crippen LogP contribution in [-0.4, -0.2) is 46.2 Å². The quantitative estimate of drug-likeness (QED) is 0.659. The Morgan fingerprint density at radius 3 is 2.29 bits per heavy atom. The number of amides is 2. The van der Waals surface area contributed by atoms with Gasteiger partial charge in [-0.15, -0.1) is 0 Å². The van der Waals surface area contributed by atoms with E-state index in [4.69, 9.17) is 0 Å². The van der Waals surface area contributed by atoms with Crippen LogP contribution in [0.5, 0.6) is 0 Å². The molecule has 0 saturated carbocycles. The molecule has 0 atom stereocenters.